The lowest BCUT2D eigenvalue weighted by Crippen LogP contribution is -2.50. The summed E-state index contributed by atoms with van der Waals surface area (Å²) in [5.74, 6) is 1.20. The summed E-state index contributed by atoms with van der Waals surface area (Å²) in [6.07, 6.45) is 0. The van der Waals surface area contributed by atoms with Crippen molar-refractivity contribution >= 4 is 27.7 Å². The summed E-state index contributed by atoms with van der Waals surface area (Å²) in [6, 6.07) is 9.62. The van der Waals surface area contributed by atoms with Gasteiger partial charge in [0.05, 0.1) is 0 Å². The Kier molecular flexibility index (Phi) is 5.35. The molecule has 4 heteroatoms. The van der Waals surface area contributed by atoms with E-state index in [9.17, 15) is 0 Å². The third kappa shape index (κ3) is 3.54. The van der Waals surface area contributed by atoms with E-state index in [-0.39, 0.29) is 6.04 Å². The lowest BCUT2D eigenvalue weighted by molar-refractivity contribution is 0.130. The van der Waals surface area contributed by atoms with E-state index in [1.165, 1.54) is 11.3 Å². The van der Waals surface area contributed by atoms with Crippen LogP contribution in [0.25, 0.3) is 0 Å². The summed E-state index contributed by atoms with van der Waals surface area (Å²) >= 11 is 5.57. The normalized spacial score (nSPS) is 28.1. The molecule has 2 nitrogen and oxygen atoms in total. The maximum Gasteiger partial charge on any atom is 0.0500 e. The Morgan fingerprint density at radius 1 is 1.32 bits per heavy atom. The summed E-state index contributed by atoms with van der Waals surface area (Å²) in [7, 11) is 0. The predicted octanol–water partition coefficient (Wildman–Crippen LogP) is 3.66. The zero-order valence-electron chi connectivity index (χ0n) is 11.8. The van der Waals surface area contributed by atoms with E-state index in [1.807, 2.05) is 0 Å². The average molecular weight is 343 g/mol. The zero-order valence-corrected chi connectivity index (χ0v) is 14.2. The van der Waals surface area contributed by atoms with Crippen LogP contribution in [-0.2, 0) is 0 Å². The standard InChI is InChI=1S/C15H23BrN2S/c1-10(17)15(13-4-6-14(16)7-5-13)18-8-9-19-12(3)11(18)2/h4-7,10-12,15H,8-9,17H2,1-3H3. The highest BCUT2D eigenvalue weighted by Crippen LogP contribution is 2.33. The minimum atomic E-state index is 0.138. The Morgan fingerprint density at radius 3 is 2.53 bits per heavy atom. The van der Waals surface area contributed by atoms with Crippen LogP contribution in [-0.4, -0.2) is 34.5 Å². The Hall–Kier alpha value is -0.0300. The molecule has 0 radical (unpaired) electrons. The van der Waals surface area contributed by atoms with Gasteiger partial charge in [-0.3, -0.25) is 4.90 Å². The van der Waals surface area contributed by atoms with Gasteiger partial charge in [0.2, 0.25) is 0 Å². The summed E-state index contributed by atoms with van der Waals surface area (Å²) in [5, 5.41) is 0.672. The Balaban J connectivity index is 2.27. The second-order valence-electron chi connectivity index (χ2n) is 5.41. The minimum Gasteiger partial charge on any atom is -0.326 e. The van der Waals surface area contributed by atoms with Gasteiger partial charge in [0.25, 0.3) is 0 Å². The Labute approximate surface area is 129 Å². The first kappa shape index (κ1) is 15.4. The topological polar surface area (TPSA) is 29.3 Å². The number of rotatable bonds is 3. The van der Waals surface area contributed by atoms with E-state index in [4.69, 9.17) is 5.73 Å². The van der Waals surface area contributed by atoms with E-state index in [1.54, 1.807) is 0 Å². The number of halogens is 1. The average Bonchev–Trinajstić information content (AvgIpc) is 2.37. The highest BCUT2D eigenvalue weighted by Gasteiger charge is 2.33. The van der Waals surface area contributed by atoms with Crippen LogP contribution >= 0.6 is 27.7 Å². The molecular weight excluding hydrogens is 320 g/mol. The van der Waals surface area contributed by atoms with Crippen molar-refractivity contribution in [2.75, 3.05) is 12.3 Å². The molecule has 2 rings (SSSR count). The maximum absolute atomic E-state index is 6.29. The second kappa shape index (κ2) is 6.61. The molecule has 1 aromatic carbocycles. The molecule has 1 aliphatic rings. The smallest absolute Gasteiger partial charge is 0.0500 e. The van der Waals surface area contributed by atoms with Gasteiger partial charge in [0.15, 0.2) is 0 Å². The monoisotopic (exact) mass is 342 g/mol. The number of thioether (sulfide) groups is 1. The van der Waals surface area contributed by atoms with Crippen LogP contribution in [0.2, 0.25) is 0 Å². The van der Waals surface area contributed by atoms with Gasteiger partial charge in [-0.15, -0.1) is 0 Å². The summed E-state index contributed by atoms with van der Waals surface area (Å²) in [4.78, 5) is 2.58. The number of hydrogen-bond donors (Lipinski definition) is 1. The van der Waals surface area contributed by atoms with Gasteiger partial charge in [-0.05, 0) is 31.5 Å². The van der Waals surface area contributed by atoms with E-state index in [0.29, 0.717) is 17.3 Å². The van der Waals surface area contributed by atoms with Crippen LogP contribution in [0.15, 0.2) is 28.7 Å². The first-order valence-electron chi connectivity index (χ1n) is 6.89. The third-order valence-electron chi connectivity index (χ3n) is 4.00. The van der Waals surface area contributed by atoms with Crippen LogP contribution in [0.4, 0.5) is 0 Å². The number of nitrogens with two attached hydrogens (primary N) is 1. The van der Waals surface area contributed by atoms with Crippen molar-refractivity contribution in [3.05, 3.63) is 34.3 Å². The molecule has 0 spiro atoms. The Morgan fingerprint density at radius 2 is 1.95 bits per heavy atom. The molecule has 1 saturated heterocycles. The number of hydrogen-bond acceptors (Lipinski definition) is 3. The van der Waals surface area contributed by atoms with Crippen molar-refractivity contribution in [2.24, 2.45) is 5.73 Å². The van der Waals surface area contributed by atoms with Crippen LogP contribution < -0.4 is 5.73 Å². The molecule has 4 atom stereocenters. The van der Waals surface area contributed by atoms with Gasteiger partial charge in [0.1, 0.15) is 0 Å². The van der Waals surface area contributed by atoms with Crippen LogP contribution in [0.1, 0.15) is 32.4 Å². The molecule has 0 amide bonds. The van der Waals surface area contributed by atoms with Crippen molar-refractivity contribution in [3.63, 3.8) is 0 Å². The lowest BCUT2D eigenvalue weighted by Gasteiger charge is -2.44. The van der Waals surface area contributed by atoms with Gasteiger partial charge in [-0.25, -0.2) is 0 Å². The van der Waals surface area contributed by atoms with Gasteiger partial charge in [-0.2, -0.15) is 11.8 Å². The fraction of sp³-hybridized carbons (Fsp3) is 0.600. The maximum atomic E-state index is 6.29. The number of nitrogens with zero attached hydrogens (tertiary/aromatic N) is 1. The quantitative estimate of drug-likeness (QED) is 0.908. The first-order valence-corrected chi connectivity index (χ1v) is 8.73. The molecule has 0 aliphatic carbocycles. The highest BCUT2D eigenvalue weighted by atomic mass is 79.9. The van der Waals surface area contributed by atoms with E-state index < -0.39 is 0 Å². The van der Waals surface area contributed by atoms with Crippen molar-refractivity contribution < 1.29 is 0 Å². The van der Waals surface area contributed by atoms with Gasteiger partial charge >= 0.3 is 0 Å². The molecule has 106 valence electrons. The van der Waals surface area contributed by atoms with Crippen LogP contribution in [0.5, 0.6) is 0 Å². The molecule has 2 N–H and O–H groups in total. The van der Waals surface area contributed by atoms with Crippen molar-refractivity contribution in [3.8, 4) is 0 Å². The van der Waals surface area contributed by atoms with Crippen LogP contribution in [0, 0.1) is 0 Å². The van der Waals surface area contributed by atoms with Crippen LogP contribution in [0.3, 0.4) is 0 Å². The number of benzene rings is 1. The summed E-state index contributed by atoms with van der Waals surface area (Å²) in [5.41, 5.74) is 7.61. The molecule has 1 aliphatic heterocycles. The van der Waals surface area contributed by atoms with E-state index >= 15 is 0 Å². The SMILES string of the molecule is CC(N)C(c1ccc(Br)cc1)N1CCSC(C)C1C. The molecule has 1 heterocycles. The summed E-state index contributed by atoms with van der Waals surface area (Å²) in [6.45, 7) is 7.89. The molecule has 0 bridgehead atoms. The van der Waals surface area contributed by atoms with E-state index in [2.05, 4.69) is 77.6 Å². The molecule has 0 aromatic heterocycles. The fourth-order valence-corrected chi connectivity index (χ4v) is 4.19. The van der Waals surface area contributed by atoms with Crippen molar-refractivity contribution in [2.45, 2.75) is 44.1 Å². The Bertz CT molecular complexity index is 407. The van der Waals surface area contributed by atoms with Crippen molar-refractivity contribution in [1.29, 1.82) is 0 Å². The van der Waals surface area contributed by atoms with Gasteiger partial charge in [0, 0.05) is 40.1 Å². The third-order valence-corrected chi connectivity index (χ3v) is 5.87. The van der Waals surface area contributed by atoms with E-state index in [0.717, 1.165) is 11.0 Å². The fourth-order valence-electron chi connectivity index (χ4n) is 2.81. The summed E-state index contributed by atoms with van der Waals surface area (Å²) < 4.78 is 1.12. The largest absolute Gasteiger partial charge is 0.326 e. The first-order chi connectivity index (χ1) is 9.00. The van der Waals surface area contributed by atoms with Gasteiger partial charge in [-0.1, -0.05) is 35.0 Å². The van der Waals surface area contributed by atoms with Gasteiger partial charge < -0.3 is 5.73 Å². The minimum absolute atomic E-state index is 0.138. The molecular formula is C15H23BrN2S. The second-order valence-corrected chi connectivity index (χ2v) is 7.81. The molecule has 19 heavy (non-hydrogen) atoms. The lowest BCUT2D eigenvalue weighted by atomic mass is 9.97. The molecule has 1 aromatic rings. The zero-order chi connectivity index (χ0) is 14.0. The molecule has 4 unspecified atom stereocenters. The molecule has 1 fully saturated rings. The molecule has 0 saturated carbocycles. The van der Waals surface area contributed by atoms with Crippen molar-refractivity contribution in [1.82, 2.24) is 4.90 Å². The highest BCUT2D eigenvalue weighted by molar-refractivity contribution is 9.10. The predicted molar refractivity (Wildman–Crippen MR) is 88.6 cm³/mol.